The third kappa shape index (κ3) is 1.62. The summed E-state index contributed by atoms with van der Waals surface area (Å²) in [6.07, 6.45) is 1.59. The molecule has 0 bridgehead atoms. The van der Waals surface area contributed by atoms with Crippen molar-refractivity contribution in [1.29, 1.82) is 0 Å². The molecule has 0 unspecified atom stereocenters. The molecule has 0 saturated carbocycles. The van der Waals surface area contributed by atoms with Crippen LogP contribution in [-0.4, -0.2) is 16.8 Å². The van der Waals surface area contributed by atoms with Crippen LogP contribution in [0.4, 0.5) is 0 Å². The topological polar surface area (TPSA) is 68.3 Å². The van der Waals surface area contributed by atoms with Crippen LogP contribution in [0.15, 0.2) is 42.6 Å². The van der Waals surface area contributed by atoms with Gasteiger partial charge in [-0.2, -0.15) is 0 Å². The van der Waals surface area contributed by atoms with Crippen LogP contribution in [-0.2, 0) is 0 Å². The van der Waals surface area contributed by atoms with Crippen molar-refractivity contribution in [2.45, 2.75) is 0 Å². The summed E-state index contributed by atoms with van der Waals surface area (Å²) in [5.74, 6) is -0.143. The summed E-state index contributed by atoms with van der Waals surface area (Å²) in [5, 5.41) is 2.23. The summed E-state index contributed by atoms with van der Waals surface area (Å²) >= 11 is 0. The van der Waals surface area contributed by atoms with Gasteiger partial charge in [-0.3, -0.25) is 14.9 Å². The highest BCUT2D eigenvalue weighted by molar-refractivity contribution is 6.22. The SMILES string of the molecule is O=C1NC(=O)c2c(Oc3ccccn3)cccc21. The Bertz CT molecular complexity index is 638. The van der Waals surface area contributed by atoms with Crippen LogP contribution in [0.25, 0.3) is 0 Å². The average Bonchev–Trinajstić information content (AvgIpc) is 2.67. The molecule has 0 fully saturated rings. The molecule has 0 spiro atoms. The predicted octanol–water partition coefficient (Wildman–Crippen LogP) is 1.76. The van der Waals surface area contributed by atoms with E-state index >= 15 is 0 Å². The van der Waals surface area contributed by atoms with Crippen LogP contribution in [0, 0.1) is 0 Å². The van der Waals surface area contributed by atoms with Gasteiger partial charge in [0, 0.05) is 12.3 Å². The van der Waals surface area contributed by atoms with E-state index in [-0.39, 0.29) is 5.56 Å². The zero-order chi connectivity index (χ0) is 12.5. The largest absolute Gasteiger partial charge is 0.438 e. The molecule has 5 heteroatoms. The van der Waals surface area contributed by atoms with E-state index in [1.54, 1.807) is 42.6 Å². The number of benzene rings is 1. The van der Waals surface area contributed by atoms with Crippen molar-refractivity contribution < 1.29 is 14.3 Å². The molecule has 1 aromatic carbocycles. The maximum absolute atomic E-state index is 11.7. The van der Waals surface area contributed by atoms with Crippen LogP contribution >= 0.6 is 0 Å². The molecule has 1 N–H and O–H groups in total. The number of pyridine rings is 1. The molecule has 0 saturated heterocycles. The van der Waals surface area contributed by atoms with Gasteiger partial charge in [0.1, 0.15) is 5.75 Å². The first kappa shape index (κ1) is 10.5. The normalized spacial score (nSPS) is 13.1. The Kier molecular flexibility index (Phi) is 2.30. The Morgan fingerprint density at radius 1 is 1.00 bits per heavy atom. The molecule has 18 heavy (non-hydrogen) atoms. The second-order valence-corrected chi connectivity index (χ2v) is 3.73. The lowest BCUT2D eigenvalue weighted by Crippen LogP contribution is -2.20. The number of aromatic nitrogens is 1. The van der Waals surface area contributed by atoms with Crippen molar-refractivity contribution in [1.82, 2.24) is 10.3 Å². The minimum atomic E-state index is -0.443. The predicted molar refractivity (Wildman–Crippen MR) is 62.5 cm³/mol. The Morgan fingerprint density at radius 2 is 1.89 bits per heavy atom. The van der Waals surface area contributed by atoms with E-state index in [4.69, 9.17) is 4.74 Å². The van der Waals surface area contributed by atoms with Gasteiger partial charge in [0.25, 0.3) is 11.8 Å². The first-order valence-corrected chi connectivity index (χ1v) is 5.33. The second-order valence-electron chi connectivity index (χ2n) is 3.73. The molecule has 0 aliphatic carbocycles. The Balaban J connectivity index is 2.05. The van der Waals surface area contributed by atoms with E-state index in [9.17, 15) is 9.59 Å². The number of amides is 2. The van der Waals surface area contributed by atoms with Crippen LogP contribution in [0.5, 0.6) is 11.6 Å². The highest BCUT2D eigenvalue weighted by Crippen LogP contribution is 2.29. The number of fused-ring (bicyclic) bond motifs is 1. The number of ether oxygens (including phenoxy) is 1. The molecule has 1 aliphatic heterocycles. The van der Waals surface area contributed by atoms with Crippen molar-refractivity contribution in [3.8, 4) is 11.6 Å². The molecule has 2 amide bonds. The van der Waals surface area contributed by atoms with E-state index in [2.05, 4.69) is 10.3 Å². The van der Waals surface area contributed by atoms with Gasteiger partial charge in [0.05, 0.1) is 11.1 Å². The quantitative estimate of drug-likeness (QED) is 0.812. The van der Waals surface area contributed by atoms with Gasteiger partial charge in [-0.25, -0.2) is 4.98 Å². The summed E-state index contributed by atoms with van der Waals surface area (Å²) in [6.45, 7) is 0. The number of nitrogens with one attached hydrogen (secondary N) is 1. The first-order valence-electron chi connectivity index (χ1n) is 5.33. The zero-order valence-corrected chi connectivity index (χ0v) is 9.21. The molecular formula is C13H8N2O3. The maximum atomic E-state index is 11.7. The highest BCUT2D eigenvalue weighted by atomic mass is 16.5. The number of hydrogen-bond donors (Lipinski definition) is 1. The zero-order valence-electron chi connectivity index (χ0n) is 9.21. The van der Waals surface area contributed by atoms with Crippen molar-refractivity contribution in [3.63, 3.8) is 0 Å². The molecular weight excluding hydrogens is 232 g/mol. The number of nitrogens with zero attached hydrogens (tertiary/aromatic N) is 1. The number of hydrogen-bond acceptors (Lipinski definition) is 4. The van der Waals surface area contributed by atoms with Gasteiger partial charge in [0.2, 0.25) is 5.88 Å². The van der Waals surface area contributed by atoms with Gasteiger partial charge < -0.3 is 4.74 Å². The minimum absolute atomic E-state index is 0.258. The monoisotopic (exact) mass is 240 g/mol. The third-order valence-electron chi connectivity index (χ3n) is 2.58. The standard InChI is InChI=1S/C13H8N2O3/c16-12-8-4-3-5-9(11(8)13(17)15-12)18-10-6-1-2-7-14-10/h1-7H,(H,15,16,17). The summed E-state index contributed by atoms with van der Waals surface area (Å²) in [6, 6.07) is 10.1. The van der Waals surface area contributed by atoms with Gasteiger partial charge in [-0.05, 0) is 18.2 Å². The van der Waals surface area contributed by atoms with Crippen molar-refractivity contribution in [2.24, 2.45) is 0 Å². The summed E-state index contributed by atoms with van der Waals surface area (Å²) in [5.41, 5.74) is 0.585. The molecule has 0 radical (unpaired) electrons. The lowest BCUT2D eigenvalue weighted by Gasteiger charge is -2.06. The smallest absolute Gasteiger partial charge is 0.262 e. The van der Waals surface area contributed by atoms with E-state index < -0.39 is 11.8 Å². The van der Waals surface area contributed by atoms with Crippen LogP contribution in [0.1, 0.15) is 20.7 Å². The van der Waals surface area contributed by atoms with Crippen molar-refractivity contribution in [2.75, 3.05) is 0 Å². The lowest BCUT2D eigenvalue weighted by atomic mass is 10.1. The molecule has 2 aromatic rings. The fraction of sp³-hybridized carbons (Fsp3) is 0. The molecule has 5 nitrogen and oxygen atoms in total. The average molecular weight is 240 g/mol. The number of carbonyl (C=O) groups is 2. The van der Waals surface area contributed by atoms with Crippen molar-refractivity contribution >= 4 is 11.8 Å². The lowest BCUT2D eigenvalue weighted by molar-refractivity contribution is 0.0879. The minimum Gasteiger partial charge on any atom is -0.438 e. The van der Waals surface area contributed by atoms with E-state index in [1.807, 2.05) is 0 Å². The fourth-order valence-electron chi connectivity index (χ4n) is 1.79. The molecule has 88 valence electrons. The van der Waals surface area contributed by atoms with E-state index in [0.717, 1.165) is 0 Å². The number of imide groups is 1. The number of rotatable bonds is 2. The summed E-state index contributed by atoms with van der Waals surface area (Å²) in [4.78, 5) is 27.1. The molecule has 0 atom stereocenters. The van der Waals surface area contributed by atoms with Gasteiger partial charge in [0.15, 0.2) is 0 Å². The Hall–Kier alpha value is -2.69. The molecule has 1 aromatic heterocycles. The van der Waals surface area contributed by atoms with E-state index in [0.29, 0.717) is 17.2 Å². The van der Waals surface area contributed by atoms with Gasteiger partial charge in [-0.1, -0.05) is 12.1 Å². The summed E-state index contributed by atoms with van der Waals surface area (Å²) < 4.78 is 5.52. The van der Waals surface area contributed by atoms with Crippen LogP contribution in [0.2, 0.25) is 0 Å². The van der Waals surface area contributed by atoms with Gasteiger partial charge >= 0.3 is 0 Å². The Labute approximate surface area is 102 Å². The fourth-order valence-corrected chi connectivity index (χ4v) is 1.79. The molecule has 1 aliphatic rings. The highest BCUT2D eigenvalue weighted by Gasteiger charge is 2.30. The van der Waals surface area contributed by atoms with Crippen molar-refractivity contribution in [3.05, 3.63) is 53.7 Å². The van der Waals surface area contributed by atoms with Gasteiger partial charge in [-0.15, -0.1) is 0 Å². The number of carbonyl (C=O) groups excluding carboxylic acids is 2. The summed E-state index contributed by atoms with van der Waals surface area (Å²) in [7, 11) is 0. The van der Waals surface area contributed by atoms with Crippen LogP contribution < -0.4 is 10.1 Å². The molecule has 2 heterocycles. The van der Waals surface area contributed by atoms with Crippen LogP contribution in [0.3, 0.4) is 0 Å². The molecule has 3 rings (SSSR count). The Morgan fingerprint density at radius 3 is 2.67 bits per heavy atom. The third-order valence-corrected chi connectivity index (χ3v) is 2.58. The van der Waals surface area contributed by atoms with E-state index in [1.165, 1.54) is 0 Å². The second kappa shape index (κ2) is 3.96. The maximum Gasteiger partial charge on any atom is 0.262 e. The first-order chi connectivity index (χ1) is 8.75.